The average molecular weight is 537 g/mol. The Balaban J connectivity index is 1.17. The van der Waals surface area contributed by atoms with Gasteiger partial charge in [0.05, 0.1) is 12.8 Å². The van der Waals surface area contributed by atoms with Gasteiger partial charge >= 0.3 is 0 Å². The fraction of sp³-hybridized carbons (Fsp3) is 0.344. The number of methoxy groups -OCH3 is 1. The Morgan fingerprint density at radius 1 is 1.23 bits per heavy atom. The highest BCUT2D eigenvalue weighted by atomic mass is 16.5. The Morgan fingerprint density at radius 3 is 2.90 bits per heavy atom. The molecular formula is C32H36N6O2. The van der Waals surface area contributed by atoms with E-state index in [4.69, 9.17) is 4.74 Å². The van der Waals surface area contributed by atoms with Gasteiger partial charge in [-0.25, -0.2) is 4.98 Å². The number of carbonyl (C=O) groups is 1. The smallest absolute Gasteiger partial charge is 0.244 e. The number of hydrogen-bond donors (Lipinski definition) is 2. The van der Waals surface area contributed by atoms with Gasteiger partial charge in [-0.3, -0.25) is 14.8 Å². The van der Waals surface area contributed by atoms with Crippen molar-refractivity contribution < 1.29 is 9.53 Å². The lowest BCUT2D eigenvalue weighted by molar-refractivity contribution is -0.117. The first-order valence-electron chi connectivity index (χ1n) is 14.0. The minimum absolute atomic E-state index is 0.0912. The molecule has 1 amide bonds. The van der Waals surface area contributed by atoms with Crippen molar-refractivity contribution in [3.05, 3.63) is 84.0 Å². The summed E-state index contributed by atoms with van der Waals surface area (Å²) in [5, 5.41) is 10.8. The standard InChI is InChI=1S/C32H36N6O2/c1-4-27-25(32(36-35-27)23-10-14-30-33-16-17-37(30)18-23)12-15-31(39)34-24-11-13-28(22-8-9-22)38(19-24)20-26-21(2)6-5-7-29(26)40-3/h4-7,10,12,14-18,22,24,28H,1,8-9,11,13,19-20H2,2-3H3,(H,34,39)(H,35,36). The second-order valence-electron chi connectivity index (χ2n) is 10.9. The molecule has 1 saturated carbocycles. The number of nitrogens with zero attached hydrogens (tertiary/aromatic N) is 4. The minimum atomic E-state index is -0.101. The Morgan fingerprint density at radius 2 is 2.10 bits per heavy atom. The topological polar surface area (TPSA) is 87.5 Å². The summed E-state index contributed by atoms with van der Waals surface area (Å²) in [6.45, 7) is 7.73. The minimum Gasteiger partial charge on any atom is -0.496 e. The van der Waals surface area contributed by atoms with Crippen molar-refractivity contribution in [2.75, 3.05) is 13.7 Å². The molecule has 1 saturated heterocycles. The van der Waals surface area contributed by atoms with Gasteiger partial charge in [0, 0.05) is 66.5 Å². The number of ether oxygens (including phenoxy) is 1. The fourth-order valence-electron chi connectivity index (χ4n) is 6.03. The molecule has 8 nitrogen and oxygen atoms in total. The third-order valence-electron chi connectivity index (χ3n) is 8.30. The third kappa shape index (κ3) is 5.31. The van der Waals surface area contributed by atoms with Crippen LogP contribution in [0.5, 0.6) is 5.75 Å². The van der Waals surface area contributed by atoms with Crippen molar-refractivity contribution in [2.24, 2.45) is 5.92 Å². The van der Waals surface area contributed by atoms with Gasteiger partial charge in [-0.05, 0) is 74.4 Å². The molecule has 206 valence electrons. The van der Waals surface area contributed by atoms with E-state index in [9.17, 15) is 4.79 Å². The van der Waals surface area contributed by atoms with Crippen molar-refractivity contribution in [3.8, 4) is 17.0 Å². The Bertz CT molecular complexity index is 1560. The normalized spacial score (nSPS) is 19.8. The number of H-pyrrole nitrogens is 1. The zero-order valence-corrected chi connectivity index (χ0v) is 23.1. The molecule has 1 aliphatic carbocycles. The lowest BCUT2D eigenvalue weighted by Crippen LogP contribution is -2.52. The maximum absolute atomic E-state index is 13.1. The van der Waals surface area contributed by atoms with Crippen LogP contribution in [-0.4, -0.2) is 56.1 Å². The number of pyridine rings is 1. The molecule has 0 spiro atoms. The van der Waals surface area contributed by atoms with Gasteiger partial charge in [-0.15, -0.1) is 0 Å². The summed E-state index contributed by atoms with van der Waals surface area (Å²) in [6, 6.07) is 10.8. The van der Waals surface area contributed by atoms with Gasteiger partial charge in [-0.1, -0.05) is 18.7 Å². The lowest BCUT2D eigenvalue weighted by atomic mass is 9.93. The fourth-order valence-corrected chi connectivity index (χ4v) is 6.03. The first-order chi connectivity index (χ1) is 19.5. The zero-order valence-electron chi connectivity index (χ0n) is 23.1. The molecule has 0 radical (unpaired) electrons. The van der Waals surface area contributed by atoms with Gasteiger partial charge in [0.2, 0.25) is 5.91 Å². The summed E-state index contributed by atoms with van der Waals surface area (Å²) >= 11 is 0. The van der Waals surface area contributed by atoms with Crippen molar-refractivity contribution >= 4 is 23.7 Å². The van der Waals surface area contributed by atoms with E-state index in [0.717, 1.165) is 65.8 Å². The highest BCUT2D eigenvalue weighted by Gasteiger charge is 2.39. The molecule has 4 aromatic rings. The molecule has 4 heterocycles. The quantitative estimate of drug-likeness (QED) is 0.285. The van der Waals surface area contributed by atoms with Crippen LogP contribution in [0.2, 0.25) is 0 Å². The molecule has 0 bridgehead atoms. The first kappa shape index (κ1) is 26.1. The van der Waals surface area contributed by atoms with Crippen LogP contribution in [0.25, 0.3) is 29.1 Å². The van der Waals surface area contributed by atoms with Crippen molar-refractivity contribution in [1.82, 2.24) is 29.8 Å². The Hall–Kier alpha value is -4.17. The average Bonchev–Trinajstić information content (AvgIpc) is 3.55. The number of fused-ring (bicyclic) bond motifs is 1. The number of aryl methyl sites for hydroxylation is 1. The predicted molar refractivity (Wildman–Crippen MR) is 158 cm³/mol. The molecule has 40 heavy (non-hydrogen) atoms. The van der Waals surface area contributed by atoms with E-state index in [1.165, 1.54) is 24.0 Å². The van der Waals surface area contributed by atoms with Gasteiger partial charge in [0.1, 0.15) is 17.1 Å². The summed E-state index contributed by atoms with van der Waals surface area (Å²) in [7, 11) is 1.74. The third-order valence-corrected chi connectivity index (χ3v) is 8.30. The maximum atomic E-state index is 13.1. The van der Waals surface area contributed by atoms with Crippen LogP contribution in [0.1, 0.15) is 48.1 Å². The van der Waals surface area contributed by atoms with E-state index < -0.39 is 0 Å². The second-order valence-corrected chi connectivity index (χ2v) is 10.9. The molecule has 6 rings (SSSR count). The van der Waals surface area contributed by atoms with E-state index >= 15 is 0 Å². The number of imidazole rings is 1. The van der Waals surface area contributed by atoms with Crippen LogP contribution in [0.3, 0.4) is 0 Å². The van der Waals surface area contributed by atoms with Crippen LogP contribution in [0.4, 0.5) is 0 Å². The van der Waals surface area contributed by atoms with E-state index in [0.29, 0.717) is 6.04 Å². The number of hydrogen-bond acceptors (Lipinski definition) is 5. The van der Waals surface area contributed by atoms with Gasteiger partial charge in [0.25, 0.3) is 0 Å². The number of rotatable bonds is 9. The highest BCUT2D eigenvalue weighted by molar-refractivity contribution is 5.94. The Kier molecular flexibility index (Phi) is 7.26. The van der Waals surface area contributed by atoms with E-state index in [1.54, 1.807) is 25.5 Å². The van der Waals surface area contributed by atoms with Crippen molar-refractivity contribution in [3.63, 3.8) is 0 Å². The molecule has 2 aliphatic rings. The van der Waals surface area contributed by atoms with Crippen LogP contribution in [-0.2, 0) is 11.3 Å². The second kappa shape index (κ2) is 11.1. The number of amides is 1. The predicted octanol–water partition coefficient (Wildman–Crippen LogP) is 5.26. The van der Waals surface area contributed by atoms with Crippen LogP contribution < -0.4 is 10.1 Å². The SMILES string of the molecule is C=Cc1[nH]nc(-c2ccc3nccn3c2)c1C=CC(=O)NC1CCC(C2CC2)N(Cc2c(C)cccc2OC)C1. The van der Waals surface area contributed by atoms with E-state index in [-0.39, 0.29) is 11.9 Å². The van der Waals surface area contributed by atoms with E-state index in [2.05, 4.69) is 45.0 Å². The van der Waals surface area contributed by atoms with Gasteiger partial charge < -0.3 is 14.5 Å². The van der Waals surface area contributed by atoms with Gasteiger partial charge in [0.15, 0.2) is 0 Å². The summed E-state index contributed by atoms with van der Waals surface area (Å²) in [6.07, 6.45) is 15.5. The largest absolute Gasteiger partial charge is 0.496 e. The van der Waals surface area contributed by atoms with Crippen LogP contribution in [0.15, 0.2) is 61.6 Å². The Labute approximate surface area is 234 Å². The monoisotopic (exact) mass is 536 g/mol. The number of nitrogens with one attached hydrogen (secondary N) is 2. The molecule has 3 aromatic heterocycles. The molecule has 2 fully saturated rings. The molecular weight excluding hydrogens is 500 g/mol. The highest BCUT2D eigenvalue weighted by Crippen LogP contribution is 2.40. The number of likely N-dealkylation sites (tertiary alicyclic amines) is 1. The number of piperidine rings is 1. The molecule has 2 atom stereocenters. The number of aromatic nitrogens is 4. The summed E-state index contributed by atoms with van der Waals surface area (Å²) < 4.78 is 7.64. The number of benzene rings is 1. The molecule has 2 unspecified atom stereocenters. The van der Waals surface area contributed by atoms with Crippen LogP contribution in [0, 0.1) is 12.8 Å². The zero-order chi connectivity index (χ0) is 27.6. The molecule has 2 N–H and O–H groups in total. The maximum Gasteiger partial charge on any atom is 0.244 e. The molecule has 8 heteroatoms. The molecule has 1 aromatic carbocycles. The lowest BCUT2D eigenvalue weighted by Gasteiger charge is -2.40. The van der Waals surface area contributed by atoms with E-state index in [1.807, 2.05) is 47.1 Å². The number of carbonyl (C=O) groups excluding carboxylic acids is 1. The summed E-state index contributed by atoms with van der Waals surface area (Å²) in [5.74, 6) is 1.60. The summed E-state index contributed by atoms with van der Waals surface area (Å²) in [4.78, 5) is 20.0. The van der Waals surface area contributed by atoms with Crippen molar-refractivity contribution in [1.29, 1.82) is 0 Å². The molecule has 1 aliphatic heterocycles. The van der Waals surface area contributed by atoms with Crippen molar-refractivity contribution in [2.45, 2.75) is 51.2 Å². The summed E-state index contributed by atoms with van der Waals surface area (Å²) in [5.41, 5.74) is 6.63. The first-order valence-corrected chi connectivity index (χ1v) is 14.0. The van der Waals surface area contributed by atoms with Crippen LogP contribution >= 0.6 is 0 Å². The van der Waals surface area contributed by atoms with Gasteiger partial charge in [-0.2, -0.15) is 5.10 Å². The number of aromatic amines is 1.